The molecule has 0 aromatic rings. The van der Waals surface area contributed by atoms with Gasteiger partial charge in [-0.1, -0.05) is 59.0 Å². The Hall–Kier alpha value is -0.0100. The van der Waals surface area contributed by atoms with E-state index in [0.717, 1.165) is 12.8 Å². The number of halogens is 1. The maximum Gasteiger partial charge on any atom is 0.0214 e. The molecule has 0 radical (unpaired) electrons. The number of hydrogen-bond donors (Lipinski definition) is 1. The van der Waals surface area contributed by atoms with E-state index in [2.05, 4.69) is 27.4 Å². The maximum absolute atomic E-state index is 6.51. The Morgan fingerprint density at radius 2 is 1.82 bits per heavy atom. The Kier molecular flexibility index (Phi) is 12.6. The summed E-state index contributed by atoms with van der Waals surface area (Å²) in [4.78, 5) is 0. The Balaban J connectivity index is 0. The SMILES string of the molecule is C=CCC(N)(CC)C(CC)CCCCCC.Cl. The molecule has 0 aromatic carbocycles. The van der Waals surface area contributed by atoms with Gasteiger partial charge in [-0.3, -0.25) is 0 Å². The van der Waals surface area contributed by atoms with E-state index in [-0.39, 0.29) is 17.9 Å². The summed E-state index contributed by atoms with van der Waals surface area (Å²) in [5, 5.41) is 0. The zero-order valence-electron chi connectivity index (χ0n) is 12.0. The molecule has 0 heterocycles. The van der Waals surface area contributed by atoms with Crippen LogP contribution < -0.4 is 5.73 Å². The van der Waals surface area contributed by atoms with E-state index < -0.39 is 0 Å². The third kappa shape index (κ3) is 7.10. The summed E-state index contributed by atoms with van der Waals surface area (Å²) in [6.07, 6.45) is 11.9. The van der Waals surface area contributed by atoms with Crippen molar-refractivity contribution >= 4 is 12.4 Å². The molecular weight excluding hydrogens is 230 g/mol. The Morgan fingerprint density at radius 1 is 1.18 bits per heavy atom. The number of nitrogens with two attached hydrogens (primary N) is 1. The fourth-order valence-electron chi connectivity index (χ4n) is 2.58. The summed E-state index contributed by atoms with van der Waals surface area (Å²) in [6, 6.07) is 0. The molecule has 0 bridgehead atoms. The molecule has 2 atom stereocenters. The Morgan fingerprint density at radius 3 is 2.24 bits per heavy atom. The van der Waals surface area contributed by atoms with Crippen molar-refractivity contribution in [3.8, 4) is 0 Å². The predicted octanol–water partition coefficient (Wildman–Crippen LogP) is 5.09. The van der Waals surface area contributed by atoms with Crippen LogP contribution in [0.25, 0.3) is 0 Å². The summed E-state index contributed by atoms with van der Waals surface area (Å²) < 4.78 is 0. The quantitative estimate of drug-likeness (QED) is 0.430. The second-order valence-corrected chi connectivity index (χ2v) is 5.03. The molecule has 1 nitrogen and oxygen atoms in total. The van der Waals surface area contributed by atoms with Crippen LogP contribution in [-0.4, -0.2) is 5.54 Å². The van der Waals surface area contributed by atoms with Crippen LogP contribution in [0.1, 0.15) is 72.1 Å². The molecule has 0 amide bonds. The Labute approximate surface area is 115 Å². The minimum absolute atomic E-state index is 0. The van der Waals surface area contributed by atoms with Crippen LogP contribution >= 0.6 is 12.4 Å². The van der Waals surface area contributed by atoms with Crippen molar-refractivity contribution in [2.75, 3.05) is 0 Å². The minimum Gasteiger partial charge on any atom is -0.325 e. The fourth-order valence-corrected chi connectivity index (χ4v) is 2.58. The monoisotopic (exact) mass is 261 g/mol. The summed E-state index contributed by atoms with van der Waals surface area (Å²) >= 11 is 0. The molecule has 0 aliphatic heterocycles. The van der Waals surface area contributed by atoms with Crippen LogP contribution in [0.2, 0.25) is 0 Å². The molecule has 0 saturated carbocycles. The van der Waals surface area contributed by atoms with E-state index >= 15 is 0 Å². The topological polar surface area (TPSA) is 26.0 Å². The van der Waals surface area contributed by atoms with Crippen LogP contribution in [0.5, 0.6) is 0 Å². The van der Waals surface area contributed by atoms with Crippen molar-refractivity contribution in [1.82, 2.24) is 0 Å². The zero-order chi connectivity index (χ0) is 12.4. The minimum atomic E-state index is -0.0112. The summed E-state index contributed by atoms with van der Waals surface area (Å²) in [7, 11) is 0. The molecule has 2 N–H and O–H groups in total. The van der Waals surface area contributed by atoms with E-state index in [0.29, 0.717) is 5.92 Å². The van der Waals surface area contributed by atoms with E-state index in [1.165, 1.54) is 38.5 Å². The van der Waals surface area contributed by atoms with Gasteiger partial charge in [0.1, 0.15) is 0 Å². The summed E-state index contributed by atoms with van der Waals surface area (Å²) in [5.41, 5.74) is 6.49. The van der Waals surface area contributed by atoms with Crippen LogP contribution in [0, 0.1) is 5.92 Å². The highest BCUT2D eigenvalue weighted by Crippen LogP contribution is 2.30. The molecule has 0 saturated heterocycles. The van der Waals surface area contributed by atoms with E-state index in [9.17, 15) is 0 Å². The van der Waals surface area contributed by atoms with Crippen LogP contribution in [0.15, 0.2) is 12.7 Å². The second kappa shape index (κ2) is 11.1. The van der Waals surface area contributed by atoms with Gasteiger partial charge in [-0.2, -0.15) is 0 Å². The second-order valence-electron chi connectivity index (χ2n) is 5.03. The van der Waals surface area contributed by atoms with Gasteiger partial charge >= 0.3 is 0 Å². The zero-order valence-corrected chi connectivity index (χ0v) is 12.8. The van der Waals surface area contributed by atoms with Crippen LogP contribution in [0.3, 0.4) is 0 Å². The largest absolute Gasteiger partial charge is 0.325 e. The lowest BCUT2D eigenvalue weighted by atomic mass is 9.75. The average molecular weight is 262 g/mol. The van der Waals surface area contributed by atoms with Crippen LogP contribution in [-0.2, 0) is 0 Å². The normalized spacial score (nSPS) is 15.8. The molecule has 0 aliphatic carbocycles. The van der Waals surface area contributed by atoms with Crippen molar-refractivity contribution in [1.29, 1.82) is 0 Å². The van der Waals surface area contributed by atoms with E-state index in [1.54, 1.807) is 0 Å². The highest BCUT2D eigenvalue weighted by Gasteiger charge is 2.29. The summed E-state index contributed by atoms with van der Waals surface area (Å²) in [6.45, 7) is 10.6. The lowest BCUT2D eigenvalue weighted by molar-refractivity contribution is 0.234. The smallest absolute Gasteiger partial charge is 0.0214 e. The number of hydrogen-bond acceptors (Lipinski definition) is 1. The van der Waals surface area contributed by atoms with Gasteiger partial charge in [0.05, 0.1) is 0 Å². The molecule has 0 spiro atoms. The number of rotatable bonds is 10. The first-order valence-corrected chi connectivity index (χ1v) is 7.04. The standard InChI is InChI=1S/C15H31N.ClH/c1-5-9-10-11-12-14(7-3)15(16,8-4)13-6-2;/h6,14H,2,5,7-13,16H2,1,3-4H3;1H. The van der Waals surface area contributed by atoms with Crippen molar-refractivity contribution < 1.29 is 0 Å². The third-order valence-electron chi connectivity index (χ3n) is 3.89. The predicted molar refractivity (Wildman–Crippen MR) is 81.8 cm³/mol. The third-order valence-corrected chi connectivity index (χ3v) is 3.89. The molecule has 2 heteroatoms. The van der Waals surface area contributed by atoms with Gasteiger partial charge < -0.3 is 5.73 Å². The molecule has 17 heavy (non-hydrogen) atoms. The maximum atomic E-state index is 6.51. The first-order valence-electron chi connectivity index (χ1n) is 7.04. The average Bonchev–Trinajstić information content (AvgIpc) is 2.29. The van der Waals surface area contributed by atoms with Crippen molar-refractivity contribution in [3.05, 3.63) is 12.7 Å². The highest BCUT2D eigenvalue weighted by atomic mass is 35.5. The molecule has 0 fully saturated rings. The highest BCUT2D eigenvalue weighted by molar-refractivity contribution is 5.85. The van der Waals surface area contributed by atoms with Gasteiger partial charge in [0.2, 0.25) is 0 Å². The van der Waals surface area contributed by atoms with E-state index in [1.807, 2.05) is 6.08 Å². The molecular formula is C15H32ClN. The lowest BCUT2D eigenvalue weighted by Gasteiger charge is -2.36. The van der Waals surface area contributed by atoms with Crippen molar-refractivity contribution in [2.24, 2.45) is 11.7 Å². The van der Waals surface area contributed by atoms with Crippen LogP contribution in [0.4, 0.5) is 0 Å². The van der Waals surface area contributed by atoms with Gasteiger partial charge in [-0.15, -0.1) is 19.0 Å². The molecule has 0 aliphatic rings. The summed E-state index contributed by atoms with van der Waals surface area (Å²) in [5.74, 6) is 0.660. The van der Waals surface area contributed by atoms with Gasteiger partial charge in [0.25, 0.3) is 0 Å². The lowest BCUT2D eigenvalue weighted by Crippen LogP contribution is -2.46. The van der Waals surface area contributed by atoms with Gasteiger partial charge in [0, 0.05) is 5.54 Å². The molecule has 0 rings (SSSR count). The van der Waals surface area contributed by atoms with Crippen molar-refractivity contribution in [2.45, 2.75) is 77.7 Å². The first-order chi connectivity index (χ1) is 7.64. The number of unbranched alkanes of at least 4 members (excludes halogenated alkanes) is 3. The van der Waals surface area contributed by atoms with Gasteiger partial charge in [-0.25, -0.2) is 0 Å². The first kappa shape index (κ1) is 19.3. The van der Waals surface area contributed by atoms with Gasteiger partial charge in [0.15, 0.2) is 0 Å². The fraction of sp³-hybridized carbons (Fsp3) is 0.867. The molecule has 2 unspecified atom stereocenters. The molecule has 104 valence electrons. The van der Waals surface area contributed by atoms with Gasteiger partial charge in [-0.05, 0) is 25.2 Å². The Bertz CT molecular complexity index is 182. The molecule has 0 aromatic heterocycles. The van der Waals surface area contributed by atoms with E-state index in [4.69, 9.17) is 5.73 Å². The van der Waals surface area contributed by atoms with Crippen molar-refractivity contribution in [3.63, 3.8) is 0 Å².